The molecule has 0 spiro atoms. The van der Waals surface area contributed by atoms with E-state index < -0.39 is 0 Å². The Bertz CT molecular complexity index is 1250. The highest BCUT2D eigenvalue weighted by Crippen LogP contribution is 2.32. The van der Waals surface area contributed by atoms with Crippen molar-refractivity contribution in [1.82, 2.24) is 14.5 Å². The summed E-state index contributed by atoms with van der Waals surface area (Å²) in [6.45, 7) is 12.1. The minimum atomic E-state index is 0.403. The minimum absolute atomic E-state index is 0.403. The van der Waals surface area contributed by atoms with Crippen LogP contribution in [0.15, 0.2) is 72.8 Å². The average molecular weight is 496 g/mol. The maximum absolute atomic E-state index is 10.3. The van der Waals surface area contributed by atoms with Crippen molar-refractivity contribution < 1.29 is 5.11 Å². The number of aromatic hydroxyl groups is 1. The molecule has 4 heteroatoms. The van der Waals surface area contributed by atoms with Gasteiger partial charge in [-0.2, -0.15) is 0 Å². The molecule has 0 unspecified atom stereocenters. The van der Waals surface area contributed by atoms with Crippen LogP contribution in [0.5, 0.6) is 5.75 Å². The van der Waals surface area contributed by atoms with Crippen LogP contribution in [0, 0.1) is 13.8 Å². The topological polar surface area (TPSA) is 41.3 Å². The van der Waals surface area contributed by atoms with Crippen LogP contribution in [0.1, 0.15) is 61.9 Å². The van der Waals surface area contributed by atoms with Crippen LogP contribution in [0.3, 0.4) is 0 Å². The Labute approximate surface area is 222 Å². The molecule has 4 aromatic rings. The molecule has 0 amide bonds. The fourth-order valence-corrected chi connectivity index (χ4v) is 5.04. The van der Waals surface area contributed by atoms with Crippen LogP contribution in [0.25, 0.3) is 22.6 Å². The van der Waals surface area contributed by atoms with Gasteiger partial charge in [-0.05, 0) is 49.9 Å². The van der Waals surface area contributed by atoms with E-state index in [9.17, 15) is 5.11 Å². The third-order valence-corrected chi connectivity index (χ3v) is 7.05. The molecule has 3 aromatic carbocycles. The number of unbranched alkanes of at least 4 members (excludes halogenated alkanes) is 2. The molecular formula is C33H41N3O. The first-order valence-corrected chi connectivity index (χ1v) is 13.7. The van der Waals surface area contributed by atoms with Gasteiger partial charge in [-0.25, -0.2) is 4.98 Å². The smallest absolute Gasteiger partial charge is 0.140 e. The van der Waals surface area contributed by atoms with E-state index in [0.29, 0.717) is 5.75 Å². The summed E-state index contributed by atoms with van der Waals surface area (Å²) in [6, 6.07) is 25.5. The lowest BCUT2D eigenvalue weighted by Crippen LogP contribution is -2.26. The van der Waals surface area contributed by atoms with Gasteiger partial charge in [-0.1, -0.05) is 99.5 Å². The van der Waals surface area contributed by atoms with E-state index in [1.54, 1.807) is 0 Å². The first-order valence-electron chi connectivity index (χ1n) is 13.7. The summed E-state index contributed by atoms with van der Waals surface area (Å²) in [5.74, 6) is 1.45. The molecule has 0 aliphatic carbocycles. The van der Waals surface area contributed by atoms with E-state index >= 15 is 0 Å². The Kier molecular flexibility index (Phi) is 9.19. The van der Waals surface area contributed by atoms with Crippen molar-refractivity contribution in [3.8, 4) is 28.4 Å². The van der Waals surface area contributed by atoms with Crippen LogP contribution < -0.4 is 0 Å². The molecule has 0 aliphatic rings. The predicted octanol–water partition coefficient (Wildman–Crippen LogP) is 8.14. The van der Waals surface area contributed by atoms with Gasteiger partial charge >= 0.3 is 0 Å². The SMILES string of the molecule is CCCCN(Cc1cc(C)c(O)c(C)c1)Cc1c(-c2ccccc2)nc(-c2ccccc2)n1CCCC. The van der Waals surface area contributed by atoms with Crippen molar-refractivity contribution in [1.29, 1.82) is 0 Å². The molecule has 0 fully saturated rings. The van der Waals surface area contributed by atoms with E-state index in [1.807, 2.05) is 13.8 Å². The van der Waals surface area contributed by atoms with Crippen LogP contribution in [0.4, 0.5) is 0 Å². The van der Waals surface area contributed by atoms with Gasteiger partial charge in [-0.3, -0.25) is 4.90 Å². The average Bonchev–Trinajstić information content (AvgIpc) is 3.27. The lowest BCUT2D eigenvalue weighted by Gasteiger charge is -2.25. The van der Waals surface area contributed by atoms with E-state index in [1.165, 1.54) is 11.3 Å². The van der Waals surface area contributed by atoms with E-state index in [0.717, 1.165) is 85.6 Å². The summed E-state index contributed by atoms with van der Waals surface area (Å²) in [5, 5.41) is 10.3. The molecule has 37 heavy (non-hydrogen) atoms. The number of imidazole rings is 1. The summed E-state index contributed by atoms with van der Waals surface area (Å²) in [4.78, 5) is 7.84. The maximum Gasteiger partial charge on any atom is 0.140 e. The van der Waals surface area contributed by atoms with Crippen molar-refractivity contribution in [2.75, 3.05) is 6.54 Å². The summed E-state index contributed by atoms with van der Waals surface area (Å²) in [5.41, 5.74) is 7.80. The van der Waals surface area contributed by atoms with Crippen LogP contribution >= 0.6 is 0 Å². The van der Waals surface area contributed by atoms with Crippen molar-refractivity contribution >= 4 is 0 Å². The number of phenols is 1. The summed E-state index contributed by atoms with van der Waals surface area (Å²) >= 11 is 0. The second-order valence-electron chi connectivity index (χ2n) is 10.1. The number of phenolic OH excluding ortho intramolecular Hbond substituents is 1. The van der Waals surface area contributed by atoms with Crippen molar-refractivity contribution in [2.24, 2.45) is 0 Å². The molecular weight excluding hydrogens is 454 g/mol. The summed E-state index contributed by atoms with van der Waals surface area (Å²) in [6.07, 6.45) is 4.55. The zero-order valence-electron chi connectivity index (χ0n) is 22.9. The normalized spacial score (nSPS) is 11.4. The Morgan fingerprint density at radius 2 is 1.38 bits per heavy atom. The van der Waals surface area contributed by atoms with Crippen LogP contribution in [-0.2, 0) is 19.6 Å². The van der Waals surface area contributed by atoms with Gasteiger partial charge in [0.05, 0.1) is 11.4 Å². The highest BCUT2D eigenvalue weighted by Gasteiger charge is 2.22. The molecule has 4 nitrogen and oxygen atoms in total. The third-order valence-electron chi connectivity index (χ3n) is 7.05. The van der Waals surface area contributed by atoms with Crippen molar-refractivity contribution in [2.45, 2.75) is 73.0 Å². The highest BCUT2D eigenvalue weighted by molar-refractivity contribution is 5.68. The molecule has 0 radical (unpaired) electrons. The van der Waals surface area contributed by atoms with Crippen LogP contribution in [0.2, 0.25) is 0 Å². The Hall–Kier alpha value is -3.37. The number of hydrogen-bond donors (Lipinski definition) is 1. The first-order chi connectivity index (χ1) is 18.0. The van der Waals surface area contributed by atoms with E-state index in [-0.39, 0.29) is 0 Å². The predicted molar refractivity (Wildman–Crippen MR) is 155 cm³/mol. The largest absolute Gasteiger partial charge is 0.507 e. The highest BCUT2D eigenvalue weighted by atomic mass is 16.3. The summed E-state index contributed by atoms with van der Waals surface area (Å²) < 4.78 is 2.47. The molecule has 0 saturated heterocycles. The monoisotopic (exact) mass is 495 g/mol. The van der Waals surface area contributed by atoms with Crippen molar-refractivity contribution in [3.63, 3.8) is 0 Å². The fraction of sp³-hybridized carbons (Fsp3) is 0.364. The molecule has 1 N–H and O–H groups in total. The number of aryl methyl sites for hydroxylation is 2. The Morgan fingerprint density at radius 3 is 1.97 bits per heavy atom. The number of rotatable bonds is 12. The van der Waals surface area contributed by atoms with Gasteiger partial charge in [0.25, 0.3) is 0 Å². The van der Waals surface area contributed by atoms with Gasteiger partial charge in [0.15, 0.2) is 0 Å². The minimum Gasteiger partial charge on any atom is -0.507 e. The van der Waals surface area contributed by atoms with Crippen molar-refractivity contribution in [3.05, 3.63) is 95.2 Å². The van der Waals surface area contributed by atoms with E-state index in [4.69, 9.17) is 4.98 Å². The molecule has 0 saturated carbocycles. The zero-order valence-corrected chi connectivity index (χ0v) is 22.9. The molecule has 4 rings (SSSR count). The molecule has 1 aromatic heterocycles. The van der Waals surface area contributed by atoms with Gasteiger partial charge in [0, 0.05) is 30.8 Å². The molecule has 0 aliphatic heterocycles. The van der Waals surface area contributed by atoms with Gasteiger partial charge in [0.2, 0.25) is 0 Å². The molecule has 0 atom stereocenters. The second-order valence-corrected chi connectivity index (χ2v) is 10.1. The molecule has 194 valence electrons. The zero-order chi connectivity index (χ0) is 26.2. The number of aromatic nitrogens is 2. The lowest BCUT2D eigenvalue weighted by molar-refractivity contribution is 0.246. The first kappa shape index (κ1) is 26.7. The second kappa shape index (κ2) is 12.7. The standard InChI is InChI=1S/C33H41N3O/c1-5-7-19-35(23-27-21-25(3)32(37)26(4)22-27)24-30-31(28-15-11-9-12-16-28)34-33(36(30)20-8-6-2)29-17-13-10-14-18-29/h9-18,21-22,37H,5-8,19-20,23-24H2,1-4H3. The molecule has 1 heterocycles. The maximum atomic E-state index is 10.3. The van der Waals surface area contributed by atoms with Gasteiger partial charge in [0.1, 0.15) is 11.6 Å². The van der Waals surface area contributed by atoms with Gasteiger partial charge < -0.3 is 9.67 Å². The fourth-order valence-electron chi connectivity index (χ4n) is 5.04. The van der Waals surface area contributed by atoms with Crippen LogP contribution in [-0.4, -0.2) is 26.1 Å². The molecule has 0 bridgehead atoms. The Morgan fingerprint density at radius 1 is 0.784 bits per heavy atom. The lowest BCUT2D eigenvalue weighted by atomic mass is 10.0. The van der Waals surface area contributed by atoms with E-state index in [2.05, 4.69) is 96.1 Å². The number of hydrogen-bond acceptors (Lipinski definition) is 3. The third kappa shape index (κ3) is 6.50. The number of benzene rings is 3. The summed E-state index contributed by atoms with van der Waals surface area (Å²) in [7, 11) is 0. The Balaban J connectivity index is 1.80. The van der Waals surface area contributed by atoms with Gasteiger partial charge in [-0.15, -0.1) is 0 Å². The quantitative estimate of drug-likeness (QED) is 0.216. The number of nitrogens with zero attached hydrogens (tertiary/aromatic N) is 3.